The van der Waals surface area contributed by atoms with Gasteiger partial charge in [0.05, 0.1) is 6.54 Å². The van der Waals surface area contributed by atoms with E-state index in [2.05, 4.69) is 57.7 Å². The summed E-state index contributed by atoms with van der Waals surface area (Å²) < 4.78 is 0. The maximum atomic E-state index is 4.29. The van der Waals surface area contributed by atoms with Crippen LogP contribution in [0.2, 0.25) is 0 Å². The Morgan fingerprint density at radius 1 is 1.29 bits per heavy atom. The minimum atomic E-state index is 0.664. The minimum Gasteiger partial charge on any atom is -0.360 e. The summed E-state index contributed by atoms with van der Waals surface area (Å²) >= 11 is 1.68. The van der Waals surface area contributed by atoms with E-state index in [1.165, 1.54) is 12.0 Å². The lowest BCUT2D eigenvalue weighted by molar-refractivity contribution is 0.325. The number of aromatic nitrogens is 2. The van der Waals surface area contributed by atoms with Gasteiger partial charge in [0.25, 0.3) is 0 Å². The van der Waals surface area contributed by atoms with Crippen LogP contribution in [0.3, 0.4) is 0 Å². The second kappa shape index (κ2) is 7.00. The molecule has 3 rings (SSSR count). The zero-order valence-electron chi connectivity index (χ0n) is 12.5. The molecular formula is C16H22N4S. The van der Waals surface area contributed by atoms with Crippen LogP contribution in [0.25, 0.3) is 0 Å². The molecule has 1 unspecified atom stereocenters. The summed E-state index contributed by atoms with van der Waals surface area (Å²) in [5.74, 6) is 0.664. The van der Waals surface area contributed by atoms with Gasteiger partial charge in [0.15, 0.2) is 0 Å². The van der Waals surface area contributed by atoms with E-state index in [1.807, 2.05) is 0 Å². The van der Waals surface area contributed by atoms with Crippen molar-refractivity contribution in [2.75, 3.05) is 25.0 Å². The number of nitrogens with one attached hydrogen (secondary N) is 1. The molecule has 1 aliphatic rings. The highest BCUT2D eigenvalue weighted by Crippen LogP contribution is 2.28. The average Bonchev–Trinajstić information content (AvgIpc) is 3.16. The summed E-state index contributed by atoms with van der Waals surface area (Å²) in [4.78, 5) is 2.49. The molecular weight excluding hydrogens is 280 g/mol. The van der Waals surface area contributed by atoms with E-state index in [0.717, 1.165) is 42.7 Å². The number of benzene rings is 1. The van der Waals surface area contributed by atoms with E-state index < -0.39 is 0 Å². The van der Waals surface area contributed by atoms with Gasteiger partial charge in [0.2, 0.25) is 5.13 Å². The van der Waals surface area contributed by atoms with Crippen molar-refractivity contribution in [3.8, 4) is 0 Å². The second-order valence-corrected chi connectivity index (χ2v) is 6.62. The molecule has 2 aromatic rings. The van der Waals surface area contributed by atoms with Crippen LogP contribution in [0, 0.1) is 0 Å². The number of hydrogen-bond acceptors (Lipinski definition) is 5. The van der Waals surface area contributed by atoms with Crippen molar-refractivity contribution < 1.29 is 0 Å². The molecule has 1 N–H and O–H groups in total. The Kier molecular flexibility index (Phi) is 4.83. The van der Waals surface area contributed by atoms with Gasteiger partial charge < -0.3 is 5.32 Å². The zero-order chi connectivity index (χ0) is 14.5. The monoisotopic (exact) mass is 302 g/mol. The average molecular weight is 302 g/mol. The van der Waals surface area contributed by atoms with Gasteiger partial charge in [-0.05, 0) is 30.9 Å². The molecule has 0 radical (unpaired) electrons. The molecule has 21 heavy (non-hydrogen) atoms. The molecule has 1 saturated heterocycles. The van der Waals surface area contributed by atoms with Crippen molar-refractivity contribution >= 4 is 16.5 Å². The molecule has 2 heterocycles. The van der Waals surface area contributed by atoms with Crippen molar-refractivity contribution in [1.82, 2.24) is 15.1 Å². The number of nitrogens with zero attached hydrogens (tertiary/aromatic N) is 3. The molecule has 0 saturated carbocycles. The maximum absolute atomic E-state index is 4.29. The predicted molar refractivity (Wildman–Crippen MR) is 87.8 cm³/mol. The normalized spacial score (nSPS) is 19.0. The molecule has 0 aliphatic carbocycles. The summed E-state index contributed by atoms with van der Waals surface area (Å²) in [5.41, 5.74) is 1.46. The van der Waals surface area contributed by atoms with E-state index >= 15 is 0 Å². The Hall–Kier alpha value is -1.46. The Labute approximate surface area is 130 Å². The Bertz CT molecular complexity index is 554. The smallest absolute Gasteiger partial charge is 0.205 e. The van der Waals surface area contributed by atoms with E-state index in [1.54, 1.807) is 11.3 Å². The highest BCUT2D eigenvalue weighted by molar-refractivity contribution is 7.15. The fraction of sp³-hybridized carbons (Fsp3) is 0.500. The quantitative estimate of drug-likeness (QED) is 0.888. The van der Waals surface area contributed by atoms with Crippen molar-refractivity contribution in [3.05, 3.63) is 40.9 Å². The SMILES string of the molecule is CCCNc1nnc(CN2CCC(c3ccccc3)C2)s1. The zero-order valence-corrected chi connectivity index (χ0v) is 13.3. The first kappa shape index (κ1) is 14.5. The van der Waals surface area contributed by atoms with Crippen LogP contribution in [-0.4, -0.2) is 34.7 Å². The number of likely N-dealkylation sites (tertiary alicyclic amines) is 1. The largest absolute Gasteiger partial charge is 0.360 e. The Morgan fingerprint density at radius 2 is 2.14 bits per heavy atom. The predicted octanol–water partition coefficient (Wildman–Crippen LogP) is 3.35. The van der Waals surface area contributed by atoms with Gasteiger partial charge in [-0.25, -0.2) is 0 Å². The molecule has 4 nitrogen and oxygen atoms in total. The highest BCUT2D eigenvalue weighted by Gasteiger charge is 2.24. The maximum Gasteiger partial charge on any atom is 0.205 e. The topological polar surface area (TPSA) is 41.1 Å². The standard InChI is InChI=1S/C16H22N4S/c1-2-9-17-16-19-18-15(21-16)12-20-10-8-14(11-20)13-6-4-3-5-7-13/h3-7,14H,2,8-12H2,1H3,(H,17,19). The lowest BCUT2D eigenvalue weighted by atomic mass is 9.99. The molecule has 1 aromatic carbocycles. The van der Waals surface area contributed by atoms with Gasteiger partial charge in [-0.2, -0.15) is 0 Å². The van der Waals surface area contributed by atoms with Crippen LogP contribution in [0.1, 0.15) is 36.3 Å². The minimum absolute atomic E-state index is 0.664. The third-order valence-electron chi connectivity index (χ3n) is 3.90. The van der Waals surface area contributed by atoms with Crippen LogP contribution in [0.4, 0.5) is 5.13 Å². The molecule has 5 heteroatoms. The number of hydrogen-bond donors (Lipinski definition) is 1. The molecule has 1 aromatic heterocycles. The first-order valence-corrected chi connectivity index (χ1v) is 8.50. The summed E-state index contributed by atoms with van der Waals surface area (Å²) in [6, 6.07) is 10.8. The van der Waals surface area contributed by atoms with Crippen LogP contribution in [0.5, 0.6) is 0 Å². The van der Waals surface area contributed by atoms with Crippen LogP contribution in [0.15, 0.2) is 30.3 Å². The van der Waals surface area contributed by atoms with Gasteiger partial charge in [0, 0.05) is 13.1 Å². The van der Waals surface area contributed by atoms with Gasteiger partial charge in [-0.3, -0.25) is 4.90 Å². The number of anilines is 1. The second-order valence-electron chi connectivity index (χ2n) is 5.56. The highest BCUT2D eigenvalue weighted by atomic mass is 32.1. The Balaban J connectivity index is 1.54. The van der Waals surface area contributed by atoms with E-state index in [0.29, 0.717) is 5.92 Å². The molecule has 0 bridgehead atoms. The first-order valence-electron chi connectivity index (χ1n) is 7.68. The molecule has 1 atom stereocenters. The van der Waals surface area contributed by atoms with Crippen LogP contribution >= 0.6 is 11.3 Å². The lowest BCUT2D eigenvalue weighted by Gasteiger charge is -2.14. The van der Waals surface area contributed by atoms with Gasteiger partial charge in [-0.15, -0.1) is 10.2 Å². The number of rotatable bonds is 6. The van der Waals surface area contributed by atoms with Gasteiger partial charge >= 0.3 is 0 Å². The summed E-state index contributed by atoms with van der Waals surface area (Å²) in [6.07, 6.45) is 2.35. The van der Waals surface area contributed by atoms with Crippen LogP contribution in [-0.2, 0) is 6.54 Å². The fourth-order valence-corrected chi connectivity index (χ4v) is 3.59. The molecule has 0 amide bonds. The lowest BCUT2D eigenvalue weighted by Crippen LogP contribution is -2.19. The summed E-state index contributed by atoms with van der Waals surface area (Å²) in [5, 5.41) is 13.9. The summed E-state index contributed by atoms with van der Waals surface area (Å²) in [6.45, 7) is 6.32. The van der Waals surface area contributed by atoms with Gasteiger partial charge in [0.1, 0.15) is 5.01 Å². The van der Waals surface area contributed by atoms with E-state index in [4.69, 9.17) is 0 Å². The van der Waals surface area contributed by atoms with Crippen molar-refractivity contribution in [3.63, 3.8) is 0 Å². The fourth-order valence-electron chi connectivity index (χ4n) is 2.79. The van der Waals surface area contributed by atoms with Crippen molar-refractivity contribution in [1.29, 1.82) is 0 Å². The molecule has 1 fully saturated rings. The summed E-state index contributed by atoms with van der Waals surface area (Å²) in [7, 11) is 0. The molecule has 112 valence electrons. The van der Waals surface area contributed by atoms with Gasteiger partial charge in [-0.1, -0.05) is 48.6 Å². The van der Waals surface area contributed by atoms with Crippen molar-refractivity contribution in [2.24, 2.45) is 0 Å². The third kappa shape index (κ3) is 3.80. The molecule has 0 spiro atoms. The third-order valence-corrected chi connectivity index (χ3v) is 4.76. The molecule has 1 aliphatic heterocycles. The van der Waals surface area contributed by atoms with Crippen molar-refractivity contribution in [2.45, 2.75) is 32.2 Å². The Morgan fingerprint density at radius 3 is 2.95 bits per heavy atom. The van der Waals surface area contributed by atoms with E-state index in [9.17, 15) is 0 Å². The van der Waals surface area contributed by atoms with E-state index in [-0.39, 0.29) is 0 Å². The first-order chi connectivity index (χ1) is 10.3. The van der Waals surface area contributed by atoms with Crippen LogP contribution < -0.4 is 5.32 Å².